The fourth-order valence-corrected chi connectivity index (χ4v) is 5.81. The minimum absolute atomic E-state index is 0.124. The van der Waals surface area contributed by atoms with E-state index >= 15 is 0 Å². The largest absolute Gasteiger partial charge is 0.431 e. The molecule has 1 amide bonds. The summed E-state index contributed by atoms with van der Waals surface area (Å²) in [5.74, 6) is -0.231. The first-order valence-corrected chi connectivity index (χ1v) is 12.0. The lowest BCUT2D eigenvalue weighted by Gasteiger charge is -2.50. The Kier molecular flexibility index (Phi) is 5.19. The van der Waals surface area contributed by atoms with Crippen LogP contribution in [0.3, 0.4) is 0 Å². The van der Waals surface area contributed by atoms with E-state index in [4.69, 9.17) is 0 Å². The summed E-state index contributed by atoms with van der Waals surface area (Å²) in [6.45, 7) is 1.35. The lowest BCUT2D eigenvalue weighted by Crippen LogP contribution is -2.56. The number of rotatable bonds is 3. The van der Waals surface area contributed by atoms with E-state index in [-0.39, 0.29) is 35.3 Å². The molecule has 0 bridgehead atoms. The number of hydrogen-bond acceptors (Lipinski definition) is 4. The van der Waals surface area contributed by atoms with E-state index in [1.807, 2.05) is 7.05 Å². The van der Waals surface area contributed by atoms with Crippen LogP contribution in [0.1, 0.15) is 71.2 Å². The fraction of sp³-hybridized carbons (Fsp3) is 0.542. The predicted molar refractivity (Wildman–Crippen MR) is 119 cm³/mol. The van der Waals surface area contributed by atoms with Crippen molar-refractivity contribution in [2.24, 2.45) is 0 Å². The monoisotopic (exact) mass is 508 g/mol. The number of piperidine rings is 1. The van der Waals surface area contributed by atoms with Crippen LogP contribution in [0.5, 0.6) is 0 Å². The van der Waals surface area contributed by atoms with E-state index in [1.165, 1.54) is 16.8 Å². The van der Waals surface area contributed by atoms with E-state index in [9.17, 15) is 26.7 Å². The molecule has 7 nitrogen and oxygen atoms in total. The Hall–Kier alpha value is -3.02. The molecule has 3 aromatic heterocycles. The number of alkyl halides is 5. The number of carbonyl (C=O) groups is 1. The maximum atomic E-state index is 13.7. The van der Waals surface area contributed by atoms with Crippen molar-refractivity contribution < 1.29 is 26.7 Å². The molecular weight excluding hydrogens is 483 g/mol. The van der Waals surface area contributed by atoms with Gasteiger partial charge in [-0.05, 0) is 50.9 Å². The molecule has 5 heterocycles. The topological polar surface area (TPSA) is 58.7 Å². The number of nitrogens with zero attached hydrogens (tertiary/aromatic N) is 6. The molecule has 2 aliphatic heterocycles. The van der Waals surface area contributed by atoms with Gasteiger partial charge < -0.3 is 9.47 Å². The summed E-state index contributed by atoms with van der Waals surface area (Å²) >= 11 is 0. The van der Waals surface area contributed by atoms with Gasteiger partial charge in [-0.25, -0.2) is 18.3 Å². The zero-order valence-electron chi connectivity index (χ0n) is 19.6. The van der Waals surface area contributed by atoms with E-state index in [1.54, 1.807) is 11.0 Å². The Morgan fingerprint density at radius 1 is 1.11 bits per heavy atom. The third-order valence-corrected chi connectivity index (χ3v) is 7.98. The van der Waals surface area contributed by atoms with Gasteiger partial charge >= 0.3 is 6.18 Å². The molecule has 1 saturated carbocycles. The molecule has 192 valence electrons. The molecule has 0 unspecified atom stereocenters. The molecule has 36 heavy (non-hydrogen) atoms. The number of likely N-dealkylation sites (tertiary alicyclic amines) is 1. The molecular formula is C24H25F5N6O. The minimum Gasteiger partial charge on any atom is -0.338 e. The van der Waals surface area contributed by atoms with Crippen LogP contribution in [0, 0.1) is 0 Å². The summed E-state index contributed by atoms with van der Waals surface area (Å²) in [5.41, 5.74) is -0.0989. The van der Waals surface area contributed by atoms with Crippen molar-refractivity contribution in [1.82, 2.24) is 29.0 Å². The quantitative estimate of drug-likeness (QED) is 0.491. The molecule has 0 atom stereocenters. The second kappa shape index (κ2) is 7.99. The predicted octanol–water partition coefficient (Wildman–Crippen LogP) is 4.44. The van der Waals surface area contributed by atoms with Crippen LogP contribution >= 0.6 is 0 Å². The lowest BCUT2D eigenvalue weighted by molar-refractivity contribution is -0.144. The normalized spacial score (nSPS) is 20.5. The molecule has 1 saturated heterocycles. The Morgan fingerprint density at radius 2 is 1.83 bits per heavy atom. The van der Waals surface area contributed by atoms with Crippen LogP contribution < -0.4 is 0 Å². The standard InChI is InChI=1S/C24H25F5N6O/c1-32-10-11-34-18(4-5-19(34)24(27,28)29)23(32)6-8-33(9-7-23)22(36)15-13-30-35-17(20(25)26)12-16(14-2-3-14)31-21(15)35/h4-5,12-14,20H,2-3,6-11H2,1H3. The molecule has 0 radical (unpaired) electrons. The van der Waals surface area contributed by atoms with Crippen molar-refractivity contribution in [1.29, 1.82) is 0 Å². The highest BCUT2D eigenvalue weighted by Gasteiger charge is 2.47. The van der Waals surface area contributed by atoms with Gasteiger partial charge in [0.2, 0.25) is 0 Å². The summed E-state index contributed by atoms with van der Waals surface area (Å²) in [6.07, 6.45) is -3.24. The molecule has 1 spiro atoms. The molecule has 6 rings (SSSR count). The van der Waals surface area contributed by atoms with Crippen molar-refractivity contribution >= 4 is 11.6 Å². The minimum atomic E-state index is -4.43. The first-order chi connectivity index (χ1) is 17.1. The molecule has 0 aromatic carbocycles. The van der Waals surface area contributed by atoms with Gasteiger partial charge in [-0.3, -0.25) is 9.69 Å². The zero-order valence-corrected chi connectivity index (χ0v) is 19.6. The smallest absolute Gasteiger partial charge is 0.338 e. The van der Waals surface area contributed by atoms with Gasteiger partial charge in [0.15, 0.2) is 5.65 Å². The lowest BCUT2D eigenvalue weighted by atomic mass is 9.81. The maximum Gasteiger partial charge on any atom is 0.431 e. The van der Waals surface area contributed by atoms with Crippen molar-refractivity contribution in [3.05, 3.63) is 52.7 Å². The van der Waals surface area contributed by atoms with Crippen LogP contribution in [0.2, 0.25) is 0 Å². The second-order valence-electron chi connectivity index (χ2n) is 9.97. The molecule has 0 N–H and O–H groups in total. The molecule has 3 aliphatic rings. The highest BCUT2D eigenvalue weighted by atomic mass is 19.4. The van der Waals surface area contributed by atoms with E-state index < -0.39 is 23.8 Å². The van der Waals surface area contributed by atoms with E-state index in [2.05, 4.69) is 15.0 Å². The van der Waals surface area contributed by atoms with Gasteiger partial charge in [-0.1, -0.05) is 0 Å². The number of hydrogen-bond donors (Lipinski definition) is 0. The number of amides is 1. The van der Waals surface area contributed by atoms with Crippen LogP contribution in [0.15, 0.2) is 24.4 Å². The number of carbonyl (C=O) groups excluding carboxylic acids is 1. The van der Waals surface area contributed by atoms with Crippen molar-refractivity contribution in [2.45, 2.75) is 56.3 Å². The highest BCUT2D eigenvalue weighted by Crippen LogP contribution is 2.44. The highest BCUT2D eigenvalue weighted by molar-refractivity contribution is 5.99. The Balaban J connectivity index is 1.29. The maximum absolute atomic E-state index is 13.7. The zero-order chi connectivity index (χ0) is 25.4. The Bertz CT molecular complexity index is 1330. The Labute approximate surface area is 203 Å². The van der Waals surface area contributed by atoms with Gasteiger partial charge in [-0.15, -0.1) is 0 Å². The number of halogens is 5. The summed E-state index contributed by atoms with van der Waals surface area (Å²) in [4.78, 5) is 21.7. The van der Waals surface area contributed by atoms with Crippen LogP contribution in [-0.2, 0) is 18.3 Å². The van der Waals surface area contributed by atoms with Gasteiger partial charge in [0.25, 0.3) is 12.3 Å². The summed E-state index contributed by atoms with van der Waals surface area (Å²) in [7, 11) is 1.90. The van der Waals surface area contributed by atoms with Crippen LogP contribution in [0.25, 0.3) is 5.65 Å². The second-order valence-corrected chi connectivity index (χ2v) is 9.97. The van der Waals surface area contributed by atoms with Gasteiger partial charge in [0.1, 0.15) is 17.0 Å². The summed E-state index contributed by atoms with van der Waals surface area (Å²) in [6, 6.07) is 4.05. The molecule has 12 heteroatoms. The number of aromatic nitrogens is 4. The van der Waals surface area contributed by atoms with E-state index in [0.29, 0.717) is 43.9 Å². The molecule has 3 aromatic rings. The third kappa shape index (κ3) is 3.52. The van der Waals surface area contributed by atoms with Crippen molar-refractivity contribution in [3.8, 4) is 0 Å². The average Bonchev–Trinajstić information content (AvgIpc) is 3.44. The summed E-state index contributed by atoms with van der Waals surface area (Å²) < 4.78 is 70.4. The Morgan fingerprint density at radius 3 is 2.47 bits per heavy atom. The van der Waals surface area contributed by atoms with Crippen LogP contribution in [-0.4, -0.2) is 61.6 Å². The third-order valence-electron chi connectivity index (χ3n) is 7.98. The van der Waals surface area contributed by atoms with Crippen molar-refractivity contribution in [2.75, 3.05) is 26.7 Å². The average molecular weight is 508 g/mol. The first-order valence-electron chi connectivity index (χ1n) is 12.0. The number of fused-ring (bicyclic) bond motifs is 3. The van der Waals surface area contributed by atoms with Crippen molar-refractivity contribution in [3.63, 3.8) is 0 Å². The van der Waals surface area contributed by atoms with Crippen LogP contribution in [0.4, 0.5) is 22.0 Å². The fourth-order valence-electron chi connectivity index (χ4n) is 5.81. The van der Waals surface area contributed by atoms with E-state index in [0.717, 1.165) is 23.4 Å². The molecule has 1 aliphatic carbocycles. The SMILES string of the molecule is CN1CCn2c(C(F)(F)F)ccc2C12CCN(C(=O)c1cnn3c(C(F)F)cc(C4CC4)nc13)CC2. The summed E-state index contributed by atoms with van der Waals surface area (Å²) in [5, 5.41) is 4.04. The number of likely N-dealkylation sites (N-methyl/N-ethyl adjacent to an activating group) is 1. The van der Waals surface area contributed by atoms with Gasteiger partial charge in [0.05, 0.1) is 11.7 Å². The van der Waals surface area contributed by atoms with Gasteiger partial charge in [-0.2, -0.15) is 18.3 Å². The molecule has 2 fully saturated rings. The van der Waals surface area contributed by atoms with Gasteiger partial charge in [0, 0.05) is 43.5 Å². The first kappa shape index (κ1) is 23.4.